The normalized spacial score (nSPS) is 11.5. The molecule has 0 radical (unpaired) electrons. The van der Waals surface area contributed by atoms with E-state index in [9.17, 15) is 4.79 Å². The van der Waals surface area contributed by atoms with E-state index in [0.29, 0.717) is 5.82 Å². The highest BCUT2D eigenvalue weighted by molar-refractivity contribution is 5.82. The van der Waals surface area contributed by atoms with E-state index in [4.69, 9.17) is 0 Å². The number of nitrogens with one attached hydrogen (secondary N) is 2. The molecule has 18 heavy (non-hydrogen) atoms. The third kappa shape index (κ3) is 2.97. The van der Waals surface area contributed by atoms with Crippen LogP contribution in [0.4, 0.5) is 5.82 Å². The molecule has 0 fully saturated rings. The molecule has 0 atom stereocenters. The molecule has 0 aliphatic heterocycles. The maximum Gasteiger partial charge on any atom is 0.239 e. The molecule has 6 heteroatoms. The minimum atomic E-state index is -0.227. The van der Waals surface area contributed by atoms with Crippen LogP contribution in [0.2, 0.25) is 0 Å². The third-order valence-corrected chi connectivity index (χ3v) is 2.26. The molecular formula is C12H17N5O. The van der Waals surface area contributed by atoms with E-state index in [1.807, 2.05) is 26.8 Å². The van der Waals surface area contributed by atoms with Crippen LogP contribution in [0.15, 0.2) is 24.7 Å². The van der Waals surface area contributed by atoms with Crippen molar-refractivity contribution >= 4 is 17.2 Å². The van der Waals surface area contributed by atoms with Crippen molar-refractivity contribution in [3.8, 4) is 0 Å². The predicted octanol–water partition coefficient (Wildman–Crippen LogP) is 1.06. The smallest absolute Gasteiger partial charge is 0.239 e. The fourth-order valence-corrected chi connectivity index (χ4v) is 1.62. The fraction of sp³-hybridized carbons (Fsp3) is 0.417. The number of nitrogens with zero attached hydrogens (tertiary/aromatic N) is 3. The zero-order valence-corrected chi connectivity index (χ0v) is 10.8. The van der Waals surface area contributed by atoms with Crippen LogP contribution in [-0.2, 0) is 4.79 Å². The van der Waals surface area contributed by atoms with Crippen molar-refractivity contribution in [1.29, 1.82) is 0 Å². The van der Waals surface area contributed by atoms with E-state index in [2.05, 4.69) is 20.7 Å². The van der Waals surface area contributed by atoms with E-state index in [1.54, 1.807) is 23.1 Å². The molecule has 0 unspecified atom stereocenters. The van der Waals surface area contributed by atoms with Crippen LogP contribution in [0.1, 0.15) is 20.8 Å². The quantitative estimate of drug-likeness (QED) is 0.850. The molecule has 0 aliphatic carbocycles. The first kappa shape index (κ1) is 12.3. The molecule has 2 heterocycles. The van der Waals surface area contributed by atoms with Gasteiger partial charge in [0.15, 0.2) is 5.82 Å². The lowest BCUT2D eigenvalue weighted by atomic mass is 10.1. The Labute approximate surface area is 105 Å². The average Bonchev–Trinajstić information content (AvgIpc) is 2.72. The van der Waals surface area contributed by atoms with E-state index in [1.165, 1.54) is 0 Å². The van der Waals surface area contributed by atoms with Crippen molar-refractivity contribution in [2.24, 2.45) is 0 Å². The summed E-state index contributed by atoms with van der Waals surface area (Å²) in [7, 11) is 0. The number of aromatic nitrogens is 3. The lowest BCUT2D eigenvalue weighted by Gasteiger charge is -2.20. The minimum Gasteiger partial charge on any atom is -0.359 e. The molecule has 2 aromatic rings. The van der Waals surface area contributed by atoms with Crippen molar-refractivity contribution in [2.45, 2.75) is 26.3 Å². The maximum atomic E-state index is 11.7. The molecule has 2 N–H and O–H groups in total. The Morgan fingerprint density at radius 1 is 1.39 bits per heavy atom. The zero-order valence-electron chi connectivity index (χ0n) is 10.8. The van der Waals surface area contributed by atoms with Crippen LogP contribution in [0.25, 0.3) is 5.52 Å². The number of anilines is 1. The maximum absolute atomic E-state index is 11.7. The summed E-state index contributed by atoms with van der Waals surface area (Å²) in [6.45, 7) is 6.03. The first-order valence-electron chi connectivity index (χ1n) is 5.79. The molecule has 0 bridgehead atoms. The lowest BCUT2D eigenvalue weighted by molar-refractivity contribution is -0.120. The summed E-state index contributed by atoms with van der Waals surface area (Å²) in [5.74, 6) is 0.588. The number of fused-ring (bicyclic) bond motifs is 1. The van der Waals surface area contributed by atoms with Crippen molar-refractivity contribution in [3.05, 3.63) is 24.7 Å². The van der Waals surface area contributed by atoms with Crippen LogP contribution < -0.4 is 10.6 Å². The topological polar surface area (TPSA) is 71.3 Å². The Balaban J connectivity index is 2.02. The molecule has 2 rings (SSSR count). The molecular weight excluding hydrogens is 230 g/mol. The van der Waals surface area contributed by atoms with E-state index >= 15 is 0 Å². The highest BCUT2D eigenvalue weighted by Crippen LogP contribution is 2.11. The zero-order chi connectivity index (χ0) is 13.2. The van der Waals surface area contributed by atoms with Gasteiger partial charge in [-0.3, -0.25) is 4.79 Å². The second-order valence-corrected chi connectivity index (χ2v) is 5.09. The van der Waals surface area contributed by atoms with Crippen molar-refractivity contribution in [3.63, 3.8) is 0 Å². The second-order valence-electron chi connectivity index (χ2n) is 5.09. The van der Waals surface area contributed by atoms with Crippen LogP contribution in [0.5, 0.6) is 0 Å². The predicted molar refractivity (Wildman–Crippen MR) is 69.4 cm³/mol. The van der Waals surface area contributed by atoms with Crippen LogP contribution in [0.3, 0.4) is 0 Å². The molecule has 96 valence electrons. The van der Waals surface area contributed by atoms with Crippen molar-refractivity contribution in [2.75, 3.05) is 11.9 Å². The molecule has 0 aliphatic rings. The highest BCUT2D eigenvalue weighted by Gasteiger charge is 2.13. The second kappa shape index (κ2) is 4.64. The summed E-state index contributed by atoms with van der Waals surface area (Å²) in [5, 5.41) is 9.99. The van der Waals surface area contributed by atoms with Crippen molar-refractivity contribution < 1.29 is 4.79 Å². The number of amides is 1. The largest absolute Gasteiger partial charge is 0.359 e. The standard InChI is InChI=1S/C12H17N5O/c1-12(2,3)16-10(18)8-14-11-9-4-5-15-17(9)7-6-13-11/h4-7H,8H2,1-3H3,(H,13,14)(H,16,18). The van der Waals surface area contributed by atoms with Crippen LogP contribution >= 0.6 is 0 Å². The summed E-state index contributed by atoms with van der Waals surface area (Å²) >= 11 is 0. The van der Waals surface area contributed by atoms with Gasteiger partial charge in [-0.2, -0.15) is 5.10 Å². The Bertz CT molecular complexity index is 555. The van der Waals surface area contributed by atoms with Crippen molar-refractivity contribution in [1.82, 2.24) is 19.9 Å². The number of rotatable bonds is 3. The summed E-state index contributed by atoms with van der Waals surface area (Å²) in [6, 6.07) is 1.84. The fourth-order valence-electron chi connectivity index (χ4n) is 1.62. The number of hydrogen-bond donors (Lipinski definition) is 2. The van der Waals surface area contributed by atoms with Gasteiger partial charge in [0.05, 0.1) is 12.7 Å². The van der Waals surface area contributed by atoms with Gasteiger partial charge < -0.3 is 10.6 Å². The third-order valence-electron chi connectivity index (χ3n) is 2.26. The van der Waals surface area contributed by atoms with Gasteiger partial charge in [-0.25, -0.2) is 9.50 Å². The summed E-state index contributed by atoms with van der Waals surface area (Å²) in [6.07, 6.45) is 5.09. The number of carbonyl (C=O) groups excluding carboxylic acids is 1. The highest BCUT2D eigenvalue weighted by atomic mass is 16.2. The summed E-state index contributed by atoms with van der Waals surface area (Å²) in [5.41, 5.74) is 0.621. The molecule has 0 spiro atoms. The van der Waals surface area contributed by atoms with Gasteiger partial charge in [0.2, 0.25) is 5.91 Å². The van der Waals surface area contributed by atoms with Crippen LogP contribution in [-0.4, -0.2) is 32.6 Å². The molecule has 1 amide bonds. The minimum absolute atomic E-state index is 0.0641. The van der Waals surface area contributed by atoms with Gasteiger partial charge >= 0.3 is 0 Å². The molecule has 2 aromatic heterocycles. The molecule has 6 nitrogen and oxygen atoms in total. The van der Waals surface area contributed by atoms with Gasteiger partial charge in [0, 0.05) is 17.9 Å². The van der Waals surface area contributed by atoms with Crippen LogP contribution in [0, 0.1) is 0 Å². The Kier molecular flexibility index (Phi) is 3.18. The molecule has 0 saturated carbocycles. The Morgan fingerprint density at radius 3 is 2.89 bits per heavy atom. The van der Waals surface area contributed by atoms with Gasteiger partial charge in [-0.05, 0) is 26.8 Å². The number of hydrogen-bond acceptors (Lipinski definition) is 4. The molecule has 0 saturated heterocycles. The van der Waals surface area contributed by atoms with E-state index in [-0.39, 0.29) is 18.0 Å². The van der Waals surface area contributed by atoms with Gasteiger partial charge in [-0.1, -0.05) is 0 Å². The monoisotopic (exact) mass is 247 g/mol. The average molecular weight is 247 g/mol. The first-order valence-corrected chi connectivity index (χ1v) is 5.79. The SMILES string of the molecule is CC(C)(C)NC(=O)CNc1nccn2nccc12. The number of carbonyl (C=O) groups is 1. The van der Waals surface area contributed by atoms with E-state index < -0.39 is 0 Å². The summed E-state index contributed by atoms with van der Waals surface area (Å²) < 4.78 is 1.71. The van der Waals surface area contributed by atoms with Gasteiger partial charge in [0.25, 0.3) is 0 Å². The Morgan fingerprint density at radius 2 is 2.17 bits per heavy atom. The van der Waals surface area contributed by atoms with Gasteiger partial charge in [0.1, 0.15) is 5.52 Å². The summed E-state index contributed by atoms with van der Waals surface area (Å²) in [4.78, 5) is 15.9. The lowest BCUT2D eigenvalue weighted by Crippen LogP contribution is -2.43. The first-order chi connectivity index (χ1) is 8.46. The van der Waals surface area contributed by atoms with E-state index in [0.717, 1.165) is 5.52 Å². The van der Waals surface area contributed by atoms with Gasteiger partial charge in [-0.15, -0.1) is 0 Å². The molecule has 0 aromatic carbocycles. The Hall–Kier alpha value is -2.11.